The Hall–Kier alpha value is -0.940. The van der Waals surface area contributed by atoms with E-state index in [2.05, 4.69) is 21.2 Å². The minimum atomic E-state index is -0.686. The van der Waals surface area contributed by atoms with Crippen LogP contribution in [0.1, 0.15) is 24.8 Å². The zero-order chi connectivity index (χ0) is 13.8. The Kier molecular flexibility index (Phi) is 4.93. The van der Waals surface area contributed by atoms with Crippen molar-refractivity contribution in [2.45, 2.75) is 25.8 Å². The van der Waals surface area contributed by atoms with Crippen LogP contribution < -0.4 is 5.32 Å². The first-order chi connectivity index (χ1) is 9.08. The van der Waals surface area contributed by atoms with E-state index < -0.39 is 5.97 Å². The lowest BCUT2D eigenvalue weighted by Gasteiger charge is -2.16. The van der Waals surface area contributed by atoms with Gasteiger partial charge in [0.1, 0.15) is 5.82 Å². The van der Waals surface area contributed by atoms with Gasteiger partial charge in [-0.05, 0) is 58.9 Å². The number of nitrogens with one attached hydrogen (secondary N) is 1. The highest BCUT2D eigenvalue weighted by atomic mass is 79.9. The van der Waals surface area contributed by atoms with Crippen molar-refractivity contribution in [2.75, 3.05) is 6.54 Å². The van der Waals surface area contributed by atoms with Gasteiger partial charge in [0.15, 0.2) is 0 Å². The Morgan fingerprint density at radius 2 is 2.26 bits per heavy atom. The first kappa shape index (κ1) is 14.5. The number of halogens is 2. The summed E-state index contributed by atoms with van der Waals surface area (Å²) in [5.74, 6) is -0.965. The molecule has 0 aromatic heterocycles. The van der Waals surface area contributed by atoms with E-state index in [0.29, 0.717) is 17.6 Å². The minimum absolute atomic E-state index is 0.210. The van der Waals surface area contributed by atoms with Gasteiger partial charge in [0, 0.05) is 6.54 Å². The van der Waals surface area contributed by atoms with Crippen LogP contribution >= 0.6 is 15.9 Å². The van der Waals surface area contributed by atoms with Crippen molar-refractivity contribution in [1.82, 2.24) is 5.32 Å². The van der Waals surface area contributed by atoms with Gasteiger partial charge in [-0.3, -0.25) is 4.79 Å². The highest BCUT2D eigenvalue weighted by Gasteiger charge is 2.32. The zero-order valence-electron chi connectivity index (χ0n) is 10.5. The van der Waals surface area contributed by atoms with E-state index >= 15 is 0 Å². The van der Waals surface area contributed by atoms with Crippen molar-refractivity contribution in [1.29, 1.82) is 0 Å². The highest BCUT2D eigenvalue weighted by Crippen LogP contribution is 2.31. The number of rotatable bonds is 5. The van der Waals surface area contributed by atoms with Crippen molar-refractivity contribution in [3.63, 3.8) is 0 Å². The zero-order valence-corrected chi connectivity index (χ0v) is 12.1. The number of carbonyl (C=O) groups is 1. The molecule has 0 spiro atoms. The van der Waals surface area contributed by atoms with Crippen LogP contribution in [0.3, 0.4) is 0 Å². The van der Waals surface area contributed by atoms with Crippen LogP contribution in [0.2, 0.25) is 0 Å². The lowest BCUT2D eigenvalue weighted by Crippen LogP contribution is -2.28. The largest absolute Gasteiger partial charge is 0.481 e. The standard InChI is InChI=1S/C14H17BrFNO2/c15-12-6-9(4-5-13(12)16)7-17-8-10-2-1-3-11(10)14(18)19/h4-6,10-11,17H,1-3,7-8H2,(H,18,19). The number of carboxylic acid groups (broad SMARTS) is 1. The molecule has 19 heavy (non-hydrogen) atoms. The average molecular weight is 330 g/mol. The molecular weight excluding hydrogens is 313 g/mol. The molecule has 1 aliphatic carbocycles. The van der Waals surface area contributed by atoms with Crippen LogP contribution in [0, 0.1) is 17.7 Å². The molecule has 1 aromatic carbocycles. The third kappa shape index (κ3) is 3.76. The molecule has 0 saturated heterocycles. The van der Waals surface area contributed by atoms with Crippen LogP contribution in [-0.2, 0) is 11.3 Å². The predicted molar refractivity (Wildman–Crippen MR) is 74.3 cm³/mol. The molecule has 0 heterocycles. The van der Waals surface area contributed by atoms with Gasteiger partial charge in [-0.1, -0.05) is 12.5 Å². The van der Waals surface area contributed by atoms with E-state index in [1.54, 1.807) is 12.1 Å². The van der Waals surface area contributed by atoms with Gasteiger partial charge < -0.3 is 10.4 Å². The molecule has 2 N–H and O–H groups in total. The fourth-order valence-corrected chi connectivity index (χ4v) is 3.08. The van der Waals surface area contributed by atoms with E-state index in [9.17, 15) is 9.18 Å². The fraction of sp³-hybridized carbons (Fsp3) is 0.500. The summed E-state index contributed by atoms with van der Waals surface area (Å²) in [6.45, 7) is 1.33. The summed E-state index contributed by atoms with van der Waals surface area (Å²) in [5, 5.41) is 12.4. The second kappa shape index (κ2) is 6.48. The van der Waals surface area contributed by atoms with E-state index in [1.807, 2.05) is 0 Å². The molecule has 1 aromatic rings. The van der Waals surface area contributed by atoms with Crippen molar-refractivity contribution in [3.05, 3.63) is 34.1 Å². The van der Waals surface area contributed by atoms with Crippen molar-refractivity contribution >= 4 is 21.9 Å². The maximum Gasteiger partial charge on any atom is 0.306 e. The molecule has 3 nitrogen and oxygen atoms in total. The molecule has 2 rings (SSSR count). The summed E-state index contributed by atoms with van der Waals surface area (Å²) in [6.07, 6.45) is 2.74. The number of benzene rings is 1. The van der Waals surface area contributed by atoms with Gasteiger partial charge >= 0.3 is 5.97 Å². The van der Waals surface area contributed by atoms with Crippen LogP contribution in [0.5, 0.6) is 0 Å². The van der Waals surface area contributed by atoms with Gasteiger partial charge in [0.25, 0.3) is 0 Å². The average Bonchev–Trinajstić information content (AvgIpc) is 2.82. The van der Waals surface area contributed by atoms with Gasteiger partial charge in [-0.2, -0.15) is 0 Å². The highest BCUT2D eigenvalue weighted by molar-refractivity contribution is 9.10. The summed E-state index contributed by atoms with van der Waals surface area (Å²) < 4.78 is 13.5. The number of hydrogen-bond donors (Lipinski definition) is 2. The Morgan fingerprint density at radius 1 is 1.47 bits per heavy atom. The summed E-state index contributed by atoms with van der Waals surface area (Å²) in [4.78, 5) is 11.1. The maximum atomic E-state index is 13.1. The normalized spacial score (nSPS) is 22.6. The van der Waals surface area contributed by atoms with Crippen molar-refractivity contribution < 1.29 is 14.3 Å². The molecule has 0 radical (unpaired) electrons. The first-order valence-corrected chi connectivity index (χ1v) is 7.24. The molecule has 1 aliphatic rings. The van der Waals surface area contributed by atoms with Crippen LogP contribution in [0.25, 0.3) is 0 Å². The number of carboxylic acids is 1. The molecule has 0 bridgehead atoms. The Labute approximate surface area is 120 Å². The second-order valence-corrected chi connectivity index (χ2v) is 5.87. The molecule has 0 aliphatic heterocycles. The fourth-order valence-electron chi connectivity index (χ4n) is 2.66. The lowest BCUT2D eigenvalue weighted by atomic mass is 9.96. The summed E-state index contributed by atoms with van der Waals surface area (Å²) >= 11 is 3.15. The monoisotopic (exact) mass is 329 g/mol. The number of hydrogen-bond acceptors (Lipinski definition) is 2. The van der Waals surface area contributed by atoms with E-state index in [4.69, 9.17) is 5.11 Å². The molecule has 0 amide bonds. The quantitative estimate of drug-likeness (QED) is 0.872. The molecule has 1 saturated carbocycles. The van der Waals surface area contributed by atoms with Gasteiger partial charge in [-0.25, -0.2) is 4.39 Å². The SMILES string of the molecule is O=C(O)C1CCCC1CNCc1ccc(F)c(Br)c1. The topological polar surface area (TPSA) is 49.3 Å². The second-order valence-electron chi connectivity index (χ2n) is 5.02. The predicted octanol–water partition coefficient (Wildman–Crippen LogP) is 3.18. The third-order valence-electron chi connectivity index (χ3n) is 3.70. The summed E-state index contributed by atoms with van der Waals surface area (Å²) in [7, 11) is 0. The van der Waals surface area contributed by atoms with E-state index in [-0.39, 0.29) is 17.7 Å². The third-order valence-corrected chi connectivity index (χ3v) is 4.30. The van der Waals surface area contributed by atoms with E-state index in [0.717, 1.165) is 24.8 Å². The molecule has 104 valence electrons. The number of aliphatic carboxylic acids is 1. The van der Waals surface area contributed by atoms with Crippen LogP contribution in [0.15, 0.2) is 22.7 Å². The van der Waals surface area contributed by atoms with Gasteiger partial charge in [0.2, 0.25) is 0 Å². The van der Waals surface area contributed by atoms with Crippen LogP contribution in [-0.4, -0.2) is 17.6 Å². The minimum Gasteiger partial charge on any atom is -0.481 e. The molecule has 1 fully saturated rings. The summed E-state index contributed by atoms with van der Waals surface area (Å²) in [6, 6.07) is 4.90. The summed E-state index contributed by atoms with van der Waals surface area (Å²) in [5.41, 5.74) is 0.984. The Morgan fingerprint density at radius 3 is 2.95 bits per heavy atom. The van der Waals surface area contributed by atoms with Crippen molar-refractivity contribution in [2.24, 2.45) is 11.8 Å². The first-order valence-electron chi connectivity index (χ1n) is 6.45. The molecule has 2 atom stereocenters. The maximum absolute atomic E-state index is 13.1. The molecule has 2 unspecified atom stereocenters. The lowest BCUT2D eigenvalue weighted by molar-refractivity contribution is -0.142. The van der Waals surface area contributed by atoms with Crippen LogP contribution in [0.4, 0.5) is 4.39 Å². The molecule has 5 heteroatoms. The smallest absolute Gasteiger partial charge is 0.306 e. The van der Waals surface area contributed by atoms with Gasteiger partial charge in [-0.15, -0.1) is 0 Å². The van der Waals surface area contributed by atoms with Crippen molar-refractivity contribution in [3.8, 4) is 0 Å². The van der Waals surface area contributed by atoms with E-state index in [1.165, 1.54) is 6.07 Å². The Bertz CT molecular complexity index is 467. The Balaban J connectivity index is 1.83. The molecular formula is C14H17BrFNO2. The van der Waals surface area contributed by atoms with Gasteiger partial charge in [0.05, 0.1) is 10.4 Å².